The molecule has 1 rings (SSSR count). The summed E-state index contributed by atoms with van der Waals surface area (Å²) in [6, 6.07) is 0. The second-order valence-electron chi connectivity index (χ2n) is 3.69. The normalized spacial score (nSPS) is 28.3. The van der Waals surface area contributed by atoms with Crippen LogP contribution in [0.15, 0.2) is 0 Å². The molecule has 9 heavy (non-hydrogen) atoms. The molecule has 0 saturated carbocycles. The van der Waals surface area contributed by atoms with Gasteiger partial charge in [0.05, 0.1) is 0 Å². The van der Waals surface area contributed by atoms with E-state index in [2.05, 4.69) is 25.8 Å². The molecule has 1 nitrogen and oxygen atoms in total. The van der Waals surface area contributed by atoms with Crippen LogP contribution in [0.1, 0.15) is 33.1 Å². The summed E-state index contributed by atoms with van der Waals surface area (Å²) >= 11 is 0. The lowest BCUT2D eigenvalue weighted by molar-refractivity contribution is 0.108. The van der Waals surface area contributed by atoms with Crippen molar-refractivity contribution in [2.45, 2.75) is 38.6 Å². The fourth-order valence-electron chi connectivity index (χ4n) is 1.40. The van der Waals surface area contributed by atoms with Gasteiger partial charge in [-0.05, 0) is 40.3 Å². The van der Waals surface area contributed by atoms with E-state index < -0.39 is 0 Å². The highest BCUT2D eigenvalue weighted by Gasteiger charge is 2.25. The van der Waals surface area contributed by atoms with Crippen LogP contribution in [-0.2, 0) is 0 Å². The predicted octanol–water partition coefficient (Wildman–Crippen LogP) is 1.88. The van der Waals surface area contributed by atoms with Crippen LogP contribution >= 0.6 is 0 Å². The molecule has 0 aromatic heterocycles. The Morgan fingerprint density at radius 1 is 1.22 bits per heavy atom. The Kier molecular flexibility index (Phi) is 1.80. The Morgan fingerprint density at radius 3 is 2.22 bits per heavy atom. The minimum atomic E-state index is 0.470. The van der Waals surface area contributed by atoms with Crippen LogP contribution in [0.5, 0.6) is 0 Å². The van der Waals surface area contributed by atoms with Gasteiger partial charge in [-0.25, -0.2) is 0 Å². The SMILES string of the molecule is CN1CCCCC1(C)C. The summed E-state index contributed by atoms with van der Waals surface area (Å²) in [4.78, 5) is 2.45. The summed E-state index contributed by atoms with van der Waals surface area (Å²) in [6.07, 6.45) is 4.17. The molecular formula is C8H17N. The summed E-state index contributed by atoms with van der Waals surface area (Å²) in [5.74, 6) is 0. The summed E-state index contributed by atoms with van der Waals surface area (Å²) in [5, 5.41) is 0. The molecule has 0 amide bonds. The van der Waals surface area contributed by atoms with Crippen LogP contribution in [0.4, 0.5) is 0 Å². The molecule has 1 saturated heterocycles. The van der Waals surface area contributed by atoms with Crippen molar-refractivity contribution in [2.24, 2.45) is 0 Å². The van der Waals surface area contributed by atoms with E-state index in [1.54, 1.807) is 0 Å². The van der Waals surface area contributed by atoms with E-state index in [0.717, 1.165) is 0 Å². The van der Waals surface area contributed by atoms with E-state index in [1.807, 2.05) is 0 Å². The van der Waals surface area contributed by atoms with Crippen molar-refractivity contribution in [1.29, 1.82) is 0 Å². The van der Waals surface area contributed by atoms with Gasteiger partial charge in [0.1, 0.15) is 0 Å². The van der Waals surface area contributed by atoms with Gasteiger partial charge in [-0.3, -0.25) is 0 Å². The van der Waals surface area contributed by atoms with Crippen LogP contribution in [0, 0.1) is 0 Å². The van der Waals surface area contributed by atoms with Crippen molar-refractivity contribution in [1.82, 2.24) is 4.90 Å². The molecule has 1 aliphatic rings. The van der Waals surface area contributed by atoms with Crippen molar-refractivity contribution in [3.8, 4) is 0 Å². The lowest BCUT2D eigenvalue weighted by Crippen LogP contribution is -2.44. The number of rotatable bonds is 0. The third-order valence-electron chi connectivity index (χ3n) is 2.57. The highest BCUT2D eigenvalue weighted by atomic mass is 15.2. The third kappa shape index (κ3) is 1.45. The van der Waals surface area contributed by atoms with Gasteiger partial charge in [-0.1, -0.05) is 6.42 Å². The molecule has 0 radical (unpaired) electrons. The van der Waals surface area contributed by atoms with Crippen LogP contribution in [0.3, 0.4) is 0 Å². The Balaban J connectivity index is 2.49. The fraction of sp³-hybridized carbons (Fsp3) is 1.00. The van der Waals surface area contributed by atoms with E-state index in [4.69, 9.17) is 0 Å². The van der Waals surface area contributed by atoms with E-state index in [0.29, 0.717) is 5.54 Å². The molecule has 1 heteroatoms. The summed E-state index contributed by atoms with van der Waals surface area (Å²) < 4.78 is 0. The Morgan fingerprint density at radius 2 is 1.89 bits per heavy atom. The average molecular weight is 127 g/mol. The summed E-state index contributed by atoms with van der Waals surface area (Å²) in [5.41, 5.74) is 0.470. The Labute approximate surface area is 58.0 Å². The first-order valence-corrected chi connectivity index (χ1v) is 3.84. The zero-order valence-corrected chi connectivity index (χ0v) is 6.78. The van der Waals surface area contributed by atoms with Gasteiger partial charge in [-0.15, -0.1) is 0 Å². The molecule has 54 valence electrons. The highest BCUT2D eigenvalue weighted by molar-refractivity contribution is 4.82. The Bertz CT molecular complexity index is 96.7. The average Bonchev–Trinajstić information content (AvgIpc) is 1.77. The number of hydrogen-bond acceptors (Lipinski definition) is 1. The molecule has 0 bridgehead atoms. The standard InChI is InChI=1S/C8H17N/c1-8(2)6-4-5-7-9(8)3/h4-7H2,1-3H3. The quantitative estimate of drug-likeness (QED) is 0.480. The van der Waals surface area contributed by atoms with Gasteiger partial charge in [0, 0.05) is 5.54 Å². The molecule has 0 N–H and O–H groups in total. The first kappa shape index (κ1) is 7.07. The smallest absolute Gasteiger partial charge is 0.0150 e. The molecule has 1 heterocycles. The van der Waals surface area contributed by atoms with Crippen molar-refractivity contribution < 1.29 is 0 Å². The largest absolute Gasteiger partial charge is 0.301 e. The van der Waals surface area contributed by atoms with Gasteiger partial charge in [-0.2, -0.15) is 0 Å². The maximum atomic E-state index is 2.45. The molecular weight excluding hydrogens is 110 g/mol. The molecule has 0 spiro atoms. The van der Waals surface area contributed by atoms with E-state index in [1.165, 1.54) is 25.8 Å². The minimum Gasteiger partial charge on any atom is -0.301 e. The minimum absolute atomic E-state index is 0.470. The Hall–Kier alpha value is -0.0400. The van der Waals surface area contributed by atoms with Crippen LogP contribution < -0.4 is 0 Å². The second kappa shape index (κ2) is 2.30. The predicted molar refractivity (Wildman–Crippen MR) is 40.6 cm³/mol. The zero-order valence-electron chi connectivity index (χ0n) is 6.78. The van der Waals surface area contributed by atoms with Gasteiger partial charge >= 0.3 is 0 Å². The van der Waals surface area contributed by atoms with Gasteiger partial charge in [0.25, 0.3) is 0 Å². The number of piperidine rings is 1. The number of nitrogens with zero attached hydrogens (tertiary/aromatic N) is 1. The van der Waals surface area contributed by atoms with Crippen molar-refractivity contribution in [3.05, 3.63) is 0 Å². The van der Waals surface area contributed by atoms with E-state index >= 15 is 0 Å². The monoisotopic (exact) mass is 127 g/mol. The maximum Gasteiger partial charge on any atom is 0.0150 e. The van der Waals surface area contributed by atoms with E-state index in [9.17, 15) is 0 Å². The molecule has 0 atom stereocenters. The number of likely N-dealkylation sites (tertiary alicyclic amines) is 1. The van der Waals surface area contributed by atoms with Crippen LogP contribution in [0.2, 0.25) is 0 Å². The fourth-order valence-corrected chi connectivity index (χ4v) is 1.40. The molecule has 0 aliphatic carbocycles. The van der Waals surface area contributed by atoms with Gasteiger partial charge in [0.2, 0.25) is 0 Å². The van der Waals surface area contributed by atoms with E-state index in [-0.39, 0.29) is 0 Å². The topological polar surface area (TPSA) is 3.24 Å². The molecule has 0 aromatic carbocycles. The first-order chi connectivity index (χ1) is 4.13. The van der Waals surface area contributed by atoms with Gasteiger partial charge < -0.3 is 4.90 Å². The molecule has 0 unspecified atom stereocenters. The summed E-state index contributed by atoms with van der Waals surface area (Å²) in [7, 11) is 2.22. The molecule has 1 aliphatic heterocycles. The lowest BCUT2D eigenvalue weighted by atomic mass is 9.91. The first-order valence-electron chi connectivity index (χ1n) is 3.84. The molecule has 1 fully saturated rings. The van der Waals surface area contributed by atoms with Gasteiger partial charge in [0.15, 0.2) is 0 Å². The van der Waals surface area contributed by atoms with Crippen molar-refractivity contribution in [2.75, 3.05) is 13.6 Å². The lowest BCUT2D eigenvalue weighted by Gasteiger charge is -2.39. The number of hydrogen-bond donors (Lipinski definition) is 0. The second-order valence-corrected chi connectivity index (χ2v) is 3.69. The molecule has 0 aromatic rings. The van der Waals surface area contributed by atoms with Crippen molar-refractivity contribution >= 4 is 0 Å². The summed E-state index contributed by atoms with van der Waals surface area (Å²) in [6.45, 7) is 5.94. The third-order valence-corrected chi connectivity index (χ3v) is 2.57. The zero-order chi connectivity index (χ0) is 6.91. The van der Waals surface area contributed by atoms with Crippen LogP contribution in [0.25, 0.3) is 0 Å². The maximum absolute atomic E-state index is 2.45. The van der Waals surface area contributed by atoms with Crippen LogP contribution in [-0.4, -0.2) is 24.0 Å². The van der Waals surface area contributed by atoms with Crippen molar-refractivity contribution in [3.63, 3.8) is 0 Å². The highest BCUT2D eigenvalue weighted by Crippen LogP contribution is 2.24.